The molecular formula is C9H7N7. The standard InChI is InChI=1S/C9H7N7/c1-2-4-10-7(3-1)16-6-5-11-9(16)8-12-14-15-13-8/h1-6H,(H,12,13,14,15). The molecule has 3 aromatic heterocycles. The predicted octanol–water partition coefficient (Wildman–Crippen LogP) is 0.447. The van der Waals surface area contributed by atoms with Crippen molar-refractivity contribution in [3.8, 4) is 17.5 Å². The zero-order chi connectivity index (χ0) is 10.8. The van der Waals surface area contributed by atoms with Crippen LogP contribution >= 0.6 is 0 Å². The summed E-state index contributed by atoms with van der Waals surface area (Å²) in [7, 11) is 0. The van der Waals surface area contributed by atoms with Crippen LogP contribution in [0.4, 0.5) is 0 Å². The molecule has 0 atom stereocenters. The van der Waals surface area contributed by atoms with E-state index in [1.807, 2.05) is 22.8 Å². The Kier molecular flexibility index (Phi) is 1.93. The minimum atomic E-state index is 0.510. The number of hydrogen-bond acceptors (Lipinski definition) is 5. The fourth-order valence-corrected chi connectivity index (χ4v) is 1.41. The molecule has 7 heteroatoms. The third-order valence-corrected chi connectivity index (χ3v) is 2.09. The van der Waals surface area contributed by atoms with Crippen LogP contribution in [0.1, 0.15) is 0 Å². The quantitative estimate of drug-likeness (QED) is 0.667. The smallest absolute Gasteiger partial charge is 0.215 e. The fourth-order valence-electron chi connectivity index (χ4n) is 1.41. The Balaban J connectivity index is 2.14. The van der Waals surface area contributed by atoms with Crippen molar-refractivity contribution < 1.29 is 0 Å². The van der Waals surface area contributed by atoms with E-state index >= 15 is 0 Å². The van der Waals surface area contributed by atoms with Gasteiger partial charge in [-0.2, -0.15) is 0 Å². The van der Waals surface area contributed by atoms with E-state index in [0.717, 1.165) is 5.82 Å². The number of rotatable bonds is 2. The third-order valence-electron chi connectivity index (χ3n) is 2.09. The van der Waals surface area contributed by atoms with Gasteiger partial charge in [-0.05, 0) is 22.6 Å². The van der Waals surface area contributed by atoms with E-state index in [0.29, 0.717) is 11.6 Å². The molecule has 0 aliphatic carbocycles. The van der Waals surface area contributed by atoms with Crippen LogP contribution in [0.25, 0.3) is 17.5 Å². The van der Waals surface area contributed by atoms with Gasteiger partial charge in [-0.25, -0.2) is 15.1 Å². The Labute approximate surface area is 90.2 Å². The average Bonchev–Trinajstić information content (AvgIpc) is 3.01. The molecule has 3 heterocycles. The van der Waals surface area contributed by atoms with Gasteiger partial charge in [0, 0.05) is 18.6 Å². The Morgan fingerprint density at radius 2 is 2.12 bits per heavy atom. The summed E-state index contributed by atoms with van der Waals surface area (Å²) in [5.74, 6) is 1.91. The van der Waals surface area contributed by atoms with Crippen molar-refractivity contribution in [3.63, 3.8) is 0 Å². The van der Waals surface area contributed by atoms with Crippen LogP contribution in [0, 0.1) is 0 Å². The van der Waals surface area contributed by atoms with Gasteiger partial charge in [0.2, 0.25) is 5.82 Å². The van der Waals surface area contributed by atoms with Gasteiger partial charge in [0.25, 0.3) is 0 Å². The summed E-state index contributed by atoms with van der Waals surface area (Å²) >= 11 is 0. The monoisotopic (exact) mass is 213 g/mol. The first-order chi connectivity index (χ1) is 7.95. The van der Waals surface area contributed by atoms with Gasteiger partial charge in [-0.1, -0.05) is 6.07 Å². The zero-order valence-electron chi connectivity index (χ0n) is 8.15. The summed E-state index contributed by atoms with van der Waals surface area (Å²) in [6, 6.07) is 5.65. The number of nitrogens with zero attached hydrogens (tertiary/aromatic N) is 6. The molecule has 0 amide bonds. The van der Waals surface area contributed by atoms with Crippen LogP contribution in [-0.2, 0) is 0 Å². The first-order valence-corrected chi connectivity index (χ1v) is 4.64. The second kappa shape index (κ2) is 3.54. The summed E-state index contributed by atoms with van der Waals surface area (Å²) < 4.78 is 1.81. The topological polar surface area (TPSA) is 85.2 Å². The maximum atomic E-state index is 4.23. The summed E-state index contributed by atoms with van der Waals surface area (Å²) in [5.41, 5.74) is 0. The summed E-state index contributed by atoms with van der Waals surface area (Å²) in [6.45, 7) is 0. The maximum Gasteiger partial charge on any atom is 0.215 e. The minimum absolute atomic E-state index is 0.510. The van der Waals surface area contributed by atoms with E-state index in [1.165, 1.54) is 0 Å². The second-order valence-electron chi connectivity index (χ2n) is 3.06. The largest absolute Gasteiger partial charge is 0.281 e. The lowest BCUT2D eigenvalue weighted by atomic mass is 10.4. The molecule has 0 aliphatic rings. The number of imidazole rings is 1. The number of nitrogens with one attached hydrogen (secondary N) is 1. The number of pyridine rings is 1. The zero-order valence-corrected chi connectivity index (χ0v) is 8.15. The van der Waals surface area contributed by atoms with Gasteiger partial charge in [0.05, 0.1) is 0 Å². The molecule has 0 radical (unpaired) electrons. The molecule has 0 spiro atoms. The molecule has 7 nitrogen and oxygen atoms in total. The number of aromatic nitrogens is 7. The molecule has 0 unspecified atom stereocenters. The van der Waals surface area contributed by atoms with Gasteiger partial charge in [-0.3, -0.25) is 4.57 Å². The van der Waals surface area contributed by atoms with E-state index in [9.17, 15) is 0 Å². The van der Waals surface area contributed by atoms with Crippen molar-refractivity contribution in [2.75, 3.05) is 0 Å². The molecule has 0 bridgehead atoms. The van der Waals surface area contributed by atoms with E-state index in [4.69, 9.17) is 0 Å². The molecular weight excluding hydrogens is 206 g/mol. The summed E-state index contributed by atoms with van der Waals surface area (Å²) in [5, 5.41) is 13.5. The fraction of sp³-hybridized carbons (Fsp3) is 0. The number of aromatic amines is 1. The van der Waals surface area contributed by atoms with Crippen molar-refractivity contribution in [2.45, 2.75) is 0 Å². The molecule has 3 rings (SSSR count). The lowest BCUT2D eigenvalue weighted by Gasteiger charge is -2.02. The van der Waals surface area contributed by atoms with Gasteiger partial charge in [-0.15, -0.1) is 5.10 Å². The SMILES string of the molecule is c1ccc(-n2ccnc2-c2nnn[nH]2)nc1. The Morgan fingerprint density at radius 3 is 2.88 bits per heavy atom. The highest BCUT2D eigenvalue weighted by Crippen LogP contribution is 2.14. The minimum Gasteiger partial charge on any atom is -0.281 e. The second-order valence-corrected chi connectivity index (χ2v) is 3.06. The van der Waals surface area contributed by atoms with Crippen LogP contribution in [0.15, 0.2) is 36.8 Å². The number of tetrazole rings is 1. The maximum absolute atomic E-state index is 4.23. The van der Waals surface area contributed by atoms with Gasteiger partial charge < -0.3 is 0 Å². The van der Waals surface area contributed by atoms with Crippen LogP contribution < -0.4 is 0 Å². The van der Waals surface area contributed by atoms with Crippen molar-refractivity contribution in [1.82, 2.24) is 35.2 Å². The molecule has 16 heavy (non-hydrogen) atoms. The van der Waals surface area contributed by atoms with Gasteiger partial charge in [0.1, 0.15) is 5.82 Å². The highest BCUT2D eigenvalue weighted by molar-refractivity contribution is 5.46. The van der Waals surface area contributed by atoms with Crippen LogP contribution in [0.5, 0.6) is 0 Å². The predicted molar refractivity (Wildman–Crippen MR) is 54.5 cm³/mol. The summed E-state index contributed by atoms with van der Waals surface area (Å²) in [6.07, 6.45) is 5.20. The highest BCUT2D eigenvalue weighted by atomic mass is 15.5. The highest BCUT2D eigenvalue weighted by Gasteiger charge is 2.10. The molecule has 78 valence electrons. The molecule has 0 aliphatic heterocycles. The van der Waals surface area contributed by atoms with Crippen molar-refractivity contribution in [2.24, 2.45) is 0 Å². The molecule has 0 saturated carbocycles. The Morgan fingerprint density at radius 1 is 1.12 bits per heavy atom. The first kappa shape index (κ1) is 8.72. The van der Waals surface area contributed by atoms with Crippen LogP contribution in [-0.4, -0.2) is 35.2 Å². The third kappa shape index (κ3) is 1.34. The molecule has 1 N–H and O–H groups in total. The normalized spacial score (nSPS) is 10.5. The van der Waals surface area contributed by atoms with Crippen molar-refractivity contribution in [3.05, 3.63) is 36.8 Å². The lowest BCUT2D eigenvalue weighted by molar-refractivity contribution is 0.881. The Hall–Kier alpha value is -2.57. The molecule has 0 saturated heterocycles. The molecule has 3 aromatic rings. The van der Waals surface area contributed by atoms with E-state index in [-0.39, 0.29) is 0 Å². The van der Waals surface area contributed by atoms with Crippen LogP contribution in [0.3, 0.4) is 0 Å². The van der Waals surface area contributed by atoms with E-state index < -0.39 is 0 Å². The van der Waals surface area contributed by atoms with E-state index in [2.05, 4.69) is 30.6 Å². The van der Waals surface area contributed by atoms with Crippen molar-refractivity contribution in [1.29, 1.82) is 0 Å². The van der Waals surface area contributed by atoms with Crippen LogP contribution in [0.2, 0.25) is 0 Å². The molecule has 0 fully saturated rings. The van der Waals surface area contributed by atoms with Gasteiger partial charge >= 0.3 is 0 Å². The number of H-pyrrole nitrogens is 1. The first-order valence-electron chi connectivity index (χ1n) is 4.64. The summed E-state index contributed by atoms with van der Waals surface area (Å²) in [4.78, 5) is 8.42. The van der Waals surface area contributed by atoms with E-state index in [1.54, 1.807) is 18.6 Å². The van der Waals surface area contributed by atoms with Gasteiger partial charge in [0.15, 0.2) is 5.82 Å². The average molecular weight is 213 g/mol. The number of hydrogen-bond donors (Lipinski definition) is 1. The Bertz CT molecular complexity index is 569. The molecule has 0 aromatic carbocycles. The lowest BCUT2D eigenvalue weighted by Crippen LogP contribution is -1.99. The van der Waals surface area contributed by atoms with Crippen molar-refractivity contribution >= 4 is 0 Å².